The number of halogens is 2. The van der Waals surface area contributed by atoms with Crippen LogP contribution in [0.3, 0.4) is 0 Å². The first kappa shape index (κ1) is 20.5. The van der Waals surface area contributed by atoms with Crippen molar-refractivity contribution in [3.05, 3.63) is 47.8 Å². The normalized spacial score (nSPS) is 17.8. The van der Waals surface area contributed by atoms with Crippen LogP contribution in [0, 0.1) is 17.0 Å². The quantitative estimate of drug-likeness (QED) is 0.799. The molecular formula is C20H22F2N4O3. The van der Waals surface area contributed by atoms with Gasteiger partial charge >= 0.3 is 0 Å². The molecule has 1 atom stereocenters. The average molecular weight is 404 g/mol. The van der Waals surface area contributed by atoms with Gasteiger partial charge in [0, 0.05) is 18.4 Å². The maximum absolute atomic E-state index is 14.2. The van der Waals surface area contributed by atoms with Crippen LogP contribution in [0.15, 0.2) is 30.5 Å². The molecule has 2 aromatic rings. The zero-order valence-corrected chi connectivity index (χ0v) is 16.3. The van der Waals surface area contributed by atoms with Crippen molar-refractivity contribution in [3.63, 3.8) is 0 Å². The van der Waals surface area contributed by atoms with Crippen LogP contribution in [0.1, 0.15) is 30.8 Å². The SMILES string of the molecule is COc1c(N2CC(C)(C)CC2C(=O)Nc2ccnc(C(N)=O)c2)ccc(F)c1F. The Morgan fingerprint density at radius 2 is 2.03 bits per heavy atom. The average Bonchev–Trinajstić information content (AvgIpc) is 2.99. The molecule has 1 saturated heterocycles. The van der Waals surface area contributed by atoms with E-state index in [1.807, 2.05) is 13.8 Å². The highest BCUT2D eigenvalue weighted by Crippen LogP contribution is 2.42. The number of carbonyl (C=O) groups excluding carboxylic acids is 2. The van der Waals surface area contributed by atoms with E-state index in [1.54, 1.807) is 4.90 Å². The molecular weight excluding hydrogens is 382 g/mol. The zero-order chi connectivity index (χ0) is 21.3. The lowest BCUT2D eigenvalue weighted by atomic mass is 9.90. The van der Waals surface area contributed by atoms with Crippen LogP contribution in [-0.2, 0) is 4.79 Å². The molecule has 154 valence electrons. The first-order chi connectivity index (χ1) is 13.6. The van der Waals surface area contributed by atoms with Crippen molar-refractivity contribution in [2.45, 2.75) is 26.3 Å². The minimum absolute atomic E-state index is 0.0219. The molecule has 1 unspecified atom stereocenters. The Morgan fingerprint density at radius 3 is 2.69 bits per heavy atom. The summed E-state index contributed by atoms with van der Waals surface area (Å²) in [5.74, 6) is -3.45. The van der Waals surface area contributed by atoms with E-state index < -0.39 is 23.6 Å². The predicted octanol–water partition coefficient (Wildman–Crippen LogP) is 2.71. The molecule has 0 bridgehead atoms. The number of methoxy groups -OCH3 is 1. The topological polar surface area (TPSA) is 97.6 Å². The highest BCUT2D eigenvalue weighted by Gasteiger charge is 2.43. The van der Waals surface area contributed by atoms with Crippen LogP contribution >= 0.6 is 0 Å². The van der Waals surface area contributed by atoms with E-state index in [0.717, 1.165) is 6.07 Å². The number of nitrogens with zero attached hydrogens (tertiary/aromatic N) is 2. The highest BCUT2D eigenvalue weighted by molar-refractivity contribution is 5.99. The highest BCUT2D eigenvalue weighted by atomic mass is 19.2. The fourth-order valence-electron chi connectivity index (χ4n) is 3.57. The van der Waals surface area contributed by atoms with Crippen molar-refractivity contribution in [1.82, 2.24) is 4.98 Å². The number of benzene rings is 1. The standard InChI is InChI=1S/C20H22F2N4O3/c1-20(2)9-15(19(28)25-11-6-7-24-13(8-11)18(23)27)26(10-20)14-5-4-12(21)16(22)17(14)29-3/h4-8,15H,9-10H2,1-3H3,(H2,23,27)(H,24,25,28). The Morgan fingerprint density at radius 1 is 1.31 bits per heavy atom. The molecule has 0 radical (unpaired) electrons. The minimum Gasteiger partial charge on any atom is -0.491 e. The number of hydrogen-bond acceptors (Lipinski definition) is 5. The number of aromatic nitrogens is 1. The fraction of sp³-hybridized carbons (Fsp3) is 0.350. The van der Waals surface area contributed by atoms with Gasteiger partial charge in [-0.1, -0.05) is 13.8 Å². The Labute approximate surface area is 166 Å². The van der Waals surface area contributed by atoms with Crippen molar-refractivity contribution in [2.24, 2.45) is 11.1 Å². The van der Waals surface area contributed by atoms with Gasteiger partial charge in [0.15, 0.2) is 11.6 Å². The summed E-state index contributed by atoms with van der Waals surface area (Å²) >= 11 is 0. The van der Waals surface area contributed by atoms with Crippen molar-refractivity contribution < 1.29 is 23.1 Å². The monoisotopic (exact) mass is 404 g/mol. The van der Waals surface area contributed by atoms with E-state index in [-0.39, 0.29) is 22.8 Å². The number of nitrogens with two attached hydrogens (primary N) is 1. The number of ether oxygens (including phenoxy) is 1. The van der Waals surface area contributed by atoms with Crippen LogP contribution in [0.5, 0.6) is 5.75 Å². The molecule has 3 rings (SSSR count). The van der Waals surface area contributed by atoms with E-state index in [1.165, 1.54) is 31.5 Å². The summed E-state index contributed by atoms with van der Waals surface area (Å²) in [5, 5.41) is 2.74. The molecule has 29 heavy (non-hydrogen) atoms. The van der Waals surface area contributed by atoms with Crippen LogP contribution in [0.2, 0.25) is 0 Å². The smallest absolute Gasteiger partial charge is 0.267 e. The Balaban J connectivity index is 1.93. The summed E-state index contributed by atoms with van der Waals surface area (Å²) in [6, 6.07) is 4.66. The van der Waals surface area contributed by atoms with Crippen LogP contribution in [0.4, 0.5) is 20.2 Å². The summed E-state index contributed by atoms with van der Waals surface area (Å²) < 4.78 is 32.9. The van der Waals surface area contributed by atoms with Gasteiger partial charge in [0.05, 0.1) is 12.8 Å². The van der Waals surface area contributed by atoms with Crippen LogP contribution < -0.4 is 20.7 Å². The second-order valence-corrected chi connectivity index (χ2v) is 7.71. The molecule has 1 aromatic heterocycles. The van der Waals surface area contributed by atoms with E-state index >= 15 is 0 Å². The number of amides is 2. The lowest BCUT2D eigenvalue weighted by Crippen LogP contribution is -2.40. The van der Waals surface area contributed by atoms with Crippen molar-refractivity contribution in [2.75, 3.05) is 23.9 Å². The van der Waals surface area contributed by atoms with Crippen molar-refractivity contribution in [3.8, 4) is 5.75 Å². The van der Waals surface area contributed by atoms with Gasteiger partial charge in [0.25, 0.3) is 5.91 Å². The van der Waals surface area contributed by atoms with Gasteiger partial charge in [-0.2, -0.15) is 4.39 Å². The maximum Gasteiger partial charge on any atom is 0.267 e. The van der Waals surface area contributed by atoms with E-state index in [2.05, 4.69) is 10.3 Å². The third kappa shape index (κ3) is 4.13. The Kier molecular flexibility index (Phi) is 5.41. The van der Waals surface area contributed by atoms with Crippen LogP contribution in [0.25, 0.3) is 0 Å². The van der Waals surface area contributed by atoms with E-state index in [0.29, 0.717) is 24.3 Å². The summed E-state index contributed by atoms with van der Waals surface area (Å²) in [6.07, 6.45) is 1.85. The molecule has 0 aliphatic carbocycles. The zero-order valence-electron chi connectivity index (χ0n) is 16.3. The lowest BCUT2D eigenvalue weighted by molar-refractivity contribution is -0.117. The number of rotatable bonds is 5. The van der Waals surface area contributed by atoms with Crippen molar-refractivity contribution >= 4 is 23.2 Å². The molecule has 3 N–H and O–H groups in total. The molecule has 0 saturated carbocycles. The summed E-state index contributed by atoms with van der Waals surface area (Å²) in [7, 11) is 1.25. The van der Waals surface area contributed by atoms with Gasteiger partial charge in [-0.25, -0.2) is 4.39 Å². The van der Waals surface area contributed by atoms with Crippen LogP contribution in [-0.4, -0.2) is 36.5 Å². The third-order valence-electron chi connectivity index (χ3n) is 4.85. The molecule has 1 aliphatic heterocycles. The summed E-state index contributed by atoms with van der Waals surface area (Å²) in [6.45, 7) is 4.41. The summed E-state index contributed by atoms with van der Waals surface area (Å²) in [4.78, 5) is 29.9. The molecule has 2 heterocycles. The second kappa shape index (κ2) is 7.65. The molecule has 1 aromatic carbocycles. The van der Waals surface area contributed by atoms with Gasteiger partial charge in [-0.3, -0.25) is 14.6 Å². The van der Waals surface area contributed by atoms with E-state index in [4.69, 9.17) is 10.5 Å². The van der Waals surface area contributed by atoms with Gasteiger partial charge in [-0.05, 0) is 36.1 Å². The van der Waals surface area contributed by atoms with Gasteiger partial charge in [0.2, 0.25) is 11.7 Å². The molecule has 2 amide bonds. The third-order valence-corrected chi connectivity index (χ3v) is 4.85. The molecule has 7 nitrogen and oxygen atoms in total. The Bertz CT molecular complexity index is 965. The van der Waals surface area contributed by atoms with Gasteiger partial charge in [-0.15, -0.1) is 0 Å². The number of nitrogens with one attached hydrogen (secondary N) is 1. The number of hydrogen-bond donors (Lipinski definition) is 2. The molecule has 0 spiro atoms. The number of anilines is 2. The maximum atomic E-state index is 14.2. The number of carbonyl (C=O) groups is 2. The molecule has 9 heteroatoms. The largest absolute Gasteiger partial charge is 0.491 e. The van der Waals surface area contributed by atoms with Crippen molar-refractivity contribution in [1.29, 1.82) is 0 Å². The fourth-order valence-corrected chi connectivity index (χ4v) is 3.57. The van der Waals surface area contributed by atoms with Gasteiger partial charge < -0.3 is 20.7 Å². The number of primary amides is 1. The predicted molar refractivity (Wildman–Crippen MR) is 104 cm³/mol. The minimum atomic E-state index is -1.10. The lowest BCUT2D eigenvalue weighted by Gasteiger charge is -2.28. The summed E-state index contributed by atoms with van der Waals surface area (Å²) in [5.41, 5.74) is 5.65. The molecule has 1 aliphatic rings. The second-order valence-electron chi connectivity index (χ2n) is 7.71. The Hall–Kier alpha value is -3.23. The first-order valence-corrected chi connectivity index (χ1v) is 8.98. The van der Waals surface area contributed by atoms with Gasteiger partial charge in [0.1, 0.15) is 11.7 Å². The number of pyridine rings is 1. The van der Waals surface area contributed by atoms with E-state index in [9.17, 15) is 18.4 Å². The molecule has 1 fully saturated rings. The first-order valence-electron chi connectivity index (χ1n) is 8.98.